The van der Waals surface area contributed by atoms with Gasteiger partial charge in [-0.15, -0.1) is 0 Å². The molecule has 1 saturated heterocycles. The van der Waals surface area contributed by atoms with Gasteiger partial charge in [0.15, 0.2) is 0 Å². The molecule has 5 rings (SSSR count). The van der Waals surface area contributed by atoms with Crippen LogP contribution in [0.2, 0.25) is 0 Å². The fraction of sp³-hybridized carbons (Fsp3) is 0.107. The first-order valence-electron chi connectivity index (χ1n) is 11.0. The summed E-state index contributed by atoms with van der Waals surface area (Å²) < 4.78 is 5.51. The molecule has 1 aliphatic heterocycles. The number of benzene rings is 3. The standard InChI is InChI=1S/C28H22N2O4/c1-2-34-20-15-13-19(14-16-20)30-25(23-12-5-6-17-29-23)24(27(32)28(30)33)26(31)22-11-7-9-18-8-3-4-10-21(18)22/h3-17,25,31H,2H2,1H3/b26-24-. The SMILES string of the molecule is CCOc1ccc(N2C(=O)C(=O)/C(=C(\O)c3cccc4ccccc34)C2c2ccccn2)cc1. The molecule has 6 heteroatoms. The summed E-state index contributed by atoms with van der Waals surface area (Å²) in [6, 6.07) is 24.4. The molecule has 1 atom stereocenters. The van der Waals surface area contributed by atoms with Gasteiger partial charge in [0.05, 0.1) is 17.9 Å². The van der Waals surface area contributed by atoms with Gasteiger partial charge >= 0.3 is 0 Å². The molecule has 0 bridgehead atoms. The molecule has 1 aliphatic rings. The van der Waals surface area contributed by atoms with Crippen molar-refractivity contribution in [1.29, 1.82) is 0 Å². The van der Waals surface area contributed by atoms with Crippen molar-refractivity contribution in [3.05, 3.63) is 108 Å². The summed E-state index contributed by atoms with van der Waals surface area (Å²) in [5, 5.41) is 13.2. The minimum Gasteiger partial charge on any atom is -0.507 e. The van der Waals surface area contributed by atoms with Crippen molar-refractivity contribution in [3.63, 3.8) is 0 Å². The van der Waals surface area contributed by atoms with E-state index in [0.717, 1.165) is 10.8 Å². The van der Waals surface area contributed by atoms with Crippen LogP contribution in [0.5, 0.6) is 5.75 Å². The van der Waals surface area contributed by atoms with E-state index in [9.17, 15) is 14.7 Å². The molecule has 6 nitrogen and oxygen atoms in total. The number of Topliss-reactive ketones (excluding diaryl/α,β-unsaturated/α-hetero) is 1. The van der Waals surface area contributed by atoms with Gasteiger partial charge < -0.3 is 9.84 Å². The second kappa shape index (κ2) is 8.83. The average molecular weight is 450 g/mol. The van der Waals surface area contributed by atoms with Crippen LogP contribution in [-0.2, 0) is 9.59 Å². The number of hydrogen-bond acceptors (Lipinski definition) is 5. The summed E-state index contributed by atoms with van der Waals surface area (Å²) in [4.78, 5) is 32.4. The average Bonchev–Trinajstić information content (AvgIpc) is 3.15. The van der Waals surface area contributed by atoms with E-state index in [1.807, 2.05) is 43.3 Å². The first-order valence-corrected chi connectivity index (χ1v) is 11.0. The molecule has 0 saturated carbocycles. The number of rotatable bonds is 5. The predicted octanol–water partition coefficient (Wildman–Crippen LogP) is 5.26. The number of aromatic nitrogens is 1. The zero-order valence-corrected chi connectivity index (χ0v) is 18.5. The first-order chi connectivity index (χ1) is 16.6. The van der Waals surface area contributed by atoms with Gasteiger partial charge in [-0.2, -0.15) is 0 Å². The number of carbonyl (C=O) groups excluding carboxylic acids is 2. The minimum absolute atomic E-state index is 0.00828. The molecular weight excluding hydrogens is 428 g/mol. The second-order valence-corrected chi connectivity index (χ2v) is 7.88. The van der Waals surface area contributed by atoms with Crippen LogP contribution in [0.1, 0.15) is 24.2 Å². The molecule has 34 heavy (non-hydrogen) atoms. The van der Waals surface area contributed by atoms with Crippen molar-refractivity contribution < 1.29 is 19.4 Å². The summed E-state index contributed by atoms with van der Waals surface area (Å²) in [7, 11) is 0. The molecule has 1 N–H and O–H groups in total. The molecule has 168 valence electrons. The molecule has 0 radical (unpaired) electrons. The molecule has 4 aromatic rings. The minimum atomic E-state index is -0.877. The van der Waals surface area contributed by atoms with Gasteiger partial charge in [-0.1, -0.05) is 48.5 Å². The van der Waals surface area contributed by atoms with Crippen LogP contribution < -0.4 is 9.64 Å². The van der Waals surface area contributed by atoms with Gasteiger partial charge in [0.1, 0.15) is 17.6 Å². The maximum Gasteiger partial charge on any atom is 0.300 e. The van der Waals surface area contributed by atoms with Crippen molar-refractivity contribution >= 4 is 33.9 Å². The van der Waals surface area contributed by atoms with Crippen LogP contribution in [0.15, 0.2) is 96.7 Å². The fourth-order valence-corrected chi connectivity index (χ4v) is 4.36. The monoisotopic (exact) mass is 450 g/mol. The predicted molar refractivity (Wildman–Crippen MR) is 131 cm³/mol. The number of anilines is 1. The van der Waals surface area contributed by atoms with Gasteiger partial charge in [-0.3, -0.25) is 19.5 Å². The quantitative estimate of drug-likeness (QED) is 0.255. The largest absolute Gasteiger partial charge is 0.507 e. The van der Waals surface area contributed by atoms with E-state index in [-0.39, 0.29) is 11.3 Å². The highest BCUT2D eigenvalue weighted by Gasteiger charge is 2.47. The lowest BCUT2D eigenvalue weighted by Gasteiger charge is -2.24. The maximum absolute atomic E-state index is 13.3. The Hall–Kier alpha value is -4.45. The molecule has 0 spiro atoms. The Kier molecular flexibility index (Phi) is 5.55. The lowest BCUT2D eigenvalue weighted by Crippen LogP contribution is -2.29. The van der Waals surface area contributed by atoms with Crippen LogP contribution in [-0.4, -0.2) is 28.4 Å². The Morgan fingerprint density at radius 1 is 0.941 bits per heavy atom. The van der Waals surface area contributed by atoms with Crippen LogP contribution in [0.25, 0.3) is 16.5 Å². The third-order valence-electron chi connectivity index (χ3n) is 5.88. The van der Waals surface area contributed by atoms with Crippen LogP contribution in [0.3, 0.4) is 0 Å². The van der Waals surface area contributed by atoms with Crippen molar-refractivity contribution in [3.8, 4) is 5.75 Å². The van der Waals surface area contributed by atoms with Crippen molar-refractivity contribution in [1.82, 2.24) is 4.98 Å². The smallest absolute Gasteiger partial charge is 0.300 e. The highest BCUT2D eigenvalue weighted by atomic mass is 16.5. The Labute approximate surface area is 196 Å². The summed E-state index contributed by atoms with van der Waals surface area (Å²) >= 11 is 0. The van der Waals surface area contributed by atoms with Gasteiger partial charge in [0, 0.05) is 17.4 Å². The Bertz CT molecular complexity index is 1410. The Morgan fingerprint density at radius 2 is 1.68 bits per heavy atom. The number of ketones is 1. The topological polar surface area (TPSA) is 79.7 Å². The molecule has 2 heterocycles. The second-order valence-electron chi connectivity index (χ2n) is 7.88. The molecule has 1 unspecified atom stereocenters. The van der Waals surface area contributed by atoms with Gasteiger partial charge in [0.25, 0.3) is 11.7 Å². The molecule has 0 aliphatic carbocycles. The number of ether oxygens (including phenoxy) is 1. The van der Waals surface area contributed by atoms with E-state index >= 15 is 0 Å². The Balaban J connectivity index is 1.71. The third kappa shape index (κ3) is 3.59. The molecule has 1 amide bonds. The summed E-state index contributed by atoms with van der Waals surface area (Å²) in [6.07, 6.45) is 1.60. The van der Waals surface area contributed by atoms with E-state index in [2.05, 4.69) is 4.98 Å². The van der Waals surface area contributed by atoms with Crippen LogP contribution >= 0.6 is 0 Å². The number of fused-ring (bicyclic) bond motifs is 1. The number of aliphatic hydroxyl groups is 1. The third-order valence-corrected chi connectivity index (χ3v) is 5.88. The lowest BCUT2D eigenvalue weighted by molar-refractivity contribution is -0.132. The van der Waals surface area contributed by atoms with Crippen molar-refractivity contribution in [2.75, 3.05) is 11.5 Å². The van der Waals surface area contributed by atoms with Crippen LogP contribution in [0.4, 0.5) is 5.69 Å². The number of carbonyl (C=O) groups is 2. The van der Waals surface area contributed by atoms with E-state index in [4.69, 9.17) is 4.74 Å². The van der Waals surface area contributed by atoms with Gasteiger partial charge in [0.2, 0.25) is 0 Å². The Morgan fingerprint density at radius 3 is 2.41 bits per heavy atom. The number of pyridine rings is 1. The number of aliphatic hydroxyl groups excluding tert-OH is 1. The van der Waals surface area contributed by atoms with E-state index < -0.39 is 17.7 Å². The molecular formula is C28H22N2O4. The fourth-order valence-electron chi connectivity index (χ4n) is 4.36. The van der Waals surface area contributed by atoms with Crippen molar-refractivity contribution in [2.24, 2.45) is 0 Å². The lowest BCUT2D eigenvalue weighted by atomic mass is 9.95. The summed E-state index contributed by atoms with van der Waals surface area (Å²) in [5.74, 6) is -1.04. The molecule has 1 aromatic heterocycles. The normalized spacial score (nSPS) is 17.3. The van der Waals surface area contributed by atoms with Gasteiger partial charge in [-0.05, 0) is 54.1 Å². The summed E-state index contributed by atoms with van der Waals surface area (Å²) in [6.45, 7) is 2.41. The van der Waals surface area contributed by atoms with E-state index in [1.54, 1.807) is 54.7 Å². The highest BCUT2D eigenvalue weighted by Crippen LogP contribution is 2.42. The highest BCUT2D eigenvalue weighted by molar-refractivity contribution is 6.51. The number of nitrogens with zero attached hydrogens (tertiary/aromatic N) is 2. The molecule has 1 fully saturated rings. The summed E-state index contributed by atoms with van der Waals surface area (Å²) in [5.41, 5.74) is 1.49. The zero-order valence-electron chi connectivity index (χ0n) is 18.5. The van der Waals surface area contributed by atoms with Crippen LogP contribution in [0, 0.1) is 0 Å². The maximum atomic E-state index is 13.3. The zero-order chi connectivity index (χ0) is 23.7. The van der Waals surface area contributed by atoms with Gasteiger partial charge in [-0.25, -0.2) is 0 Å². The van der Waals surface area contributed by atoms with E-state index in [1.165, 1.54) is 4.90 Å². The van der Waals surface area contributed by atoms with Crippen molar-refractivity contribution in [2.45, 2.75) is 13.0 Å². The first kappa shape index (κ1) is 21.4. The molecule has 3 aromatic carbocycles. The van der Waals surface area contributed by atoms with E-state index in [0.29, 0.717) is 29.3 Å². The number of hydrogen-bond donors (Lipinski definition) is 1. The number of amides is 1.